The van der Waals surface area contributed by atoms with Gasteiger partial charge >= 0.3 is 6.18 Å². The molecule has 0 bridgehead atoms. The van der Waals surface area contributed by atoms with E-state index in [1.54, 1.807) is 0 Å². The van der Waals surface area contributed by atoms with Gasteiger partial charge in [0.15, 0.2) is 0 Å². The van der Waals surface area contributed by atoms with E-state index in [2.05, 4.69) is 4.98 Å². The smallest absolute Gasteiger partial charge is 0.364 e. The van der Waals surface area contributed by atoms with Gasteiger partial charge in [-0.15, -0.1) is 0 Å². The maximum absolute atomic E-state index is 11.9. The molecule has 1 radical (unpaired) electrons. The van der Waals surface area contributed by atoms with Crippen LogP contribution in [0.1, 0.15) is 16.1 Å². The molecule has 0 aliphatic heterocycles. The summed E-state index contributed by atoms with van der Waals surface area (Å²) in [6, 6.07) is 2.67. The third-order valence-electron chi connectivity index (χ3n) is 1.26. The van der Waals surface area contributed by atoms with Crippen LogP contribution in [0.5, 0.6) is 0 Å². The lowest BCUT2D eigenvalue weighted by Gasteiger charge is -2.04. The average Bonchev–Trinajstić information content (AvgIpc) is 2.03. The Kier molecular flexibility index (Phi) is 2.22. The second kappa shape index (κ2) is 3.04. The quantitative estimate of drug-likeness (QED) is 0.716. The third-order valence-corrected chi connectivity index (χ3v) is 1.26. The van der Waals surface area contributed by atoms with Crippen molar-refractivity contribution in [1.29, 1.82) is 0 Å². The van der Waals surface area contributed by atoms with Crippen LogP contribution in [0.15, 0.2) is 12.3 Å². The highest BCUT2D eigenvalue weighted by atomic mass is 19.4. The number of halogens is 3. The number of hydrogen-bond acceptors (Lipinski definition) is 2. The number of primary amides is 1. The standard InChI is InChI=1S/C7H4F3N2O/c8-7(9,10)4-1-2-5(6(11)13)12-3-4/h1,3H,(H2,11,13). The molecular formula is C7H4F3N2O. The first kappa shape index (κ1) is 9.50. The molecule has 69 valence electrons. The fraction of sp³-hybridized carbons (Fsp3) is 0.143. The number of alkyl halides is 3. The normalized spacial score (nSPS) is 11.3. The molecule has 1 aromatic rings. The molecule has 0 unspecified atom stereocenters. The maximum atomic E-state index is 11.9. The molecule has 6 heteroatoms. The zero-order valence-corrected chi connectivity index (χ0v) is 6.22. The third kappa shape index (κ3) is 2.17. The molecule has 1 aromatic heterocycles. The Balaban J connectivity index is 3.01. The van der Waals surface area contributed by atoms with E-state index in [1.165, 1.54) is 0 Å². The van der Waals surface area contributed by atoms with E-state index in [0.29, 0.717) is 12.3 Å². The summed E-state index contributed by atoms with van der Waals surface area (Å²) in [5, 5.41) is 0. The lowest BCUT2D eigenvalue weighted by molar-refractivity contribution is -0.137. The van der Waals surface area contributed by atoms with Crippen LogP contribution in [-0.4, -0.2) is 10.9 Å². The minimum absolute atomic E-state index is 0.312. The number of hydrogen-bond donors (Lipinski definition) is 1. The maximum Gasteiger partial charge on any atom is 0.417 e. The first-order valence-corrected chi connectivity index (χ1v) is 3.16. The van der Waals surface area contributed by atoms with Gasteiger partial charge in [-0.3, -0.25) is 4.79 Å². The molecule has 13 heavy (non-hydrogen) atoms. The molecule has 3 nitrogen and oxygen atoms in total. The summed E-state index contributed by atoms with van der Waals surface area (Å²) in [4.78, 5) is 13.6. The topological polar surface area (TPSA) is 56.0 Å². The van der Waals surface area contributed by atoms with Crippen LogP contribution in [0.3, 0.4) is 0 Å². The van der Waals surface area contributed by atoms with Crippen molar-refractivity contribution in [2.75, 3.05) is 0 Å². The van der Waals surface area contributed by atoms with Crippen molar-refractivity contribution in [3.8, 4) is 0 Å². The fourth-order valence-corrected chi connectivity index (χ4v) is 0.645. The number of carbonyl (C=O) groups excluding carboxylic acids is 1. The van der Waals surface area contributed by atoms with Crippen LogP contribution in [0, 0.1) is 6.07 Å². The van der Waals surface area contributed by atoms with Gasteiger partial charge in [-0.25, -0.2) is 4.98 Å². The molecular weight excluding hydrogens is 185 g/mol. The van der Waals surface area contributed by atoms with Gasteiger partial charge in [0.1, 0.15) is 5.69 Å². The van der Waals surface area contributed by atoms with Crippen LogP contribution in [0.2, 0.25) is 0 Å². The van der Waals surface area contributed by atoms with Gasteiger partial charge in [0, 0.05) is 12.3 Å². The molecule has 0 saturated carbocycles. The molecule has 0 atom stereocenters. The van der Waals surface area contributed by atoms with Crippen LogP contribution in [0.25, 0.3) is 0 Å². The Labute approximate surface area is 71.4 Å². The molecule has 1 amide bonds. The molecule has 1 rings (SSSR count). The van der Waals surface area contributed by atoms with E-state index in [1.807, 2.05) is 6.07 Å². The van der Waals surface area contributed by atoms with Crippen molar-refractivity contribution in [3.63, 3.8) is 0 Å². The number of carbonyl (C=O) groups is 1. The Morgan fingerprint density at radius 1 is 1.54 bits per heavy atom. The molecule has 2 N–H and O–H groups in total. The summed E-state index contributed by atoms with van der Waals surface area (Å²) in [7, 11) is 0. The Hall–Kier alpha value is -1.59. The lowest BCUT2D eigenvalue weighted by Crippen LogP contribution is -2.14. The molecule has 0 aliphatic rings. The number of amides is 1. The zero-order chi connectivity index (χ0) is 10.1. The predicted molar refractivity (Wildman–Crippen MR) is 36.6 cm³/mol. The van der Waals surface area contributed by atoms with Gasteiger partial charge < -0.3 is 5.73 Å². The lowest BCUT2D eigenvalue weighted by atomic mass is 10.2. The molecule has 0 aliphatic carbocycles. The van der Waals surface area contributed by atoms with Crippen LogP contribution < -0.4 is 5.73 Å². The van der Waals surface area contributed by atoms with Gasteiger partial charge in [-0.2, -0.15) is 13.2 Å². The van der Waals surface area contributed by atoms with Gasteiger partial charge in [0.05, 0.1) is 5.56 Å². The molecule has 0 saturated heterocycles. The van der Waals surface area contributed by atoms with Crippen molar-refractivity contribution in [3.05, 3.63) is 29.6 Å². The van der Waals surface area contributed by atoms with E-state index >= 15 is 0 Å². The number of aromatic nitrogens is 1. The predicted octanol–water partition coefficient (Wildman–Crippen LogP) is 0.999. The molecule has 0 fully saturated rings. The summed E-state index contributed by atoms with van der Waals surface area (Å²) >= 11 is 0. The van der Waals surface area contributed by atoms with E-state index < -0.39 is 17.6 Å². The highest BCUT2D eigenvalue weighted by Gasteiger charge is 2.30. The molecule has 0 aromatic carbocycles. The number of pyridine rings is 1. The highest BCUT2D eigenvalue weighted by molar-refractivity contribution is 5.90. The van der Waals surface area contributed by atoms with Crippen LogP contribution in [0.4, 0.5) is 13.2 Å². The highest BCUT2D eigenvalue weighted by Crippen LogP contribution is 2.28. The van der Waals surface area contributed by atoms with E-state index in [4.69, 9.17) is 5.73 Å². The fourth-order valence-electron chi connectivity index (χ4n) is 0.645. The van der Waals surface area contributed by atoms with Gasteiger partial charge in [-0.05, 0) is 6.07 Å². The van der Waals surface area contributed by atoms with Gasteiger partial charge in [0.2, 0.25) is 0 Å². The summed E-state index contributed by atoms with van der Waals surface area (Å²) in [5.74, 6) is -0.909. The monoisotopic (exact) mass is 189 g/mol. The van der Waals surface area contributed by atoms with E-state index in [0.717, 1.165) is 0 Å². The van der Waals surface area contributed by atoms with Crippen molar-refractivity contribution < 1.29 is 18.0 Å². The largest absolute Gasteiger partial charge is 0.417 e. The minimum atomic E-state index is -4.47. The van der Waals surface area contributed by atoms with Gasteiger partial charge in [-0.1, -0.05) is 0 Å². The second-order valence-electron chi connectivity index (χ2n) is 2.21. The summed E-state index contributed by atoms with van der Waals surface area (Å²) in [6.07, 6.45) is -3.93. The SMILES string of the molecule is NC(=O)c1[c]cc(C(F)(F)F)cn1. The average molecular weight is 189 g/mol. The van der Waals surface area contributed by atoms with Gasteiger partial charge in [0.25, 0.3) is 5.91 Å². The van der Waals surface area contributed by atoms with E-state index in [9.17, 15) is 18.0 Å². The first-order chi connectivity index (χ1) is 5.91. The van der Waals surface area contributed by atoms with E-state index in [-0.39, 0.29) is 5.69 Å². The van der Waals surface area contributed by atoms with Crippen LogP contribution >= 0.6 is 0 Å². The van der Waals surface area contributed by atoms with Crippen LogP contribution in [-0.2, 0) is 6.18 Å². The number of nitrogens with zero attached hydrogens (tertiary/aromatic N) is 1. The summed E-state index contributed by atoms with van der Waals surface area (Å²) < 4.78 is 35.8. The summed E-state index contributed by atoms with van der Waals surface area (Å²) in [5.41, 5.74) is 3.49. The number of rotatable bonds is 1. The molecule has 1 heterocycles. The van der Waals surface area contributed by atoms with Crippen molar-refractivity contribution >= 4 is 5.91 Å². The first-order valence-electron chi connectivity index (χ1n) is 3.16. The van der Waals surface area contributed by atoms with Crippen molar-refractivity contribution in [1.82, 2.24) is 4.98 Å². The second-order valence-corrected chi connectivity index (χ2v) is 2.21. The van der Waals surface area contributed by atoms with Crippen molar-refractivity contribution in [2.24, 2.45) is 5.73 Å². The Bertz CT molecular complexity index is 318. The minimum Gasteiger partial charge on any atom is -0.364 e. The molecule has 0 spiro atoms. The number of nitrogens with two attached hydrogens (primary N) is 1. The van der Waals surface area contributed by atoms with Crippen molar-refractivity contribution in [2.45, 2.75) is 6.18 Å². The summed E-state index contributed by atoms with van der Waals surface area (Å²) in [6.45, 7) is 0. The Morgan fingerprint density at radius 2 is 2.15 bits per heavy atom. The zero-order valence-electron chi connectivity index (χ0n) is 6.22. The Morgan fingerprint density at radius 3 is 2.46 bits per heavy atom.